The number of benzene rings is 1. The van der Waals surface area contributed by atoms with E-state index in [1.165, 1.54) is 0 Å². The van der Waals surface area contributed by atoms with Crippen LogP contribution in [0.25, 0.3) is 6.08 Å². The van der Waals surface area contributed by atoms with E-state index in [9.17, 15) is 9.59 Å². The van der Waals surface area contributed by atoms with Crippen molar-refractivity contribution in [3.8, 4) is 5.75 Å². The SMILES string of the molecule is CCOC(=O)CN(C)CC1=Cc2cccc(OC)c2[C@@H]2COC(=O)N12. The summed E-state index contributed by atoms with van der Waals surface area (Å²) in [4.78, 5) is 27.4. The molecule has 2 aliphatic rings. The van der Waals surface area contributed by atoms with Crippen molar-refractivity contribution in [2.75, 3.05) is 40.5 Å². The Hall–Kier alpha value is -2.54. The van der Waals surface area contributed by atoms with Gasteiger partial charge in [0.1, 0.15) is 18.4 Å². The number of esters is 1. The lowest BCUT2D eigenvalue weighted by atomic mass is 9.94. The number of carbonyl (C=O) groups is 2. The lowest BCUT2D eigenvalue weighted by Crippen LogP contribution is -2.37. The maximum absolute atomic E-state index is 12.2. The molecule has 0 radical (unpaired) electrons. The number of fused-ring (bicyclic) bond motifs is 3. The molecule has 0 unspecified atom stereocenters. The Morgan fingerprint density at radius 2 is 2.24 bits per heavy atom. The van der Waals surface area contributed by atoms with Crippen molar-refractivity contribution in [3.05, 3.63) is 35.0 Å². The first-order chi connectivity index (χ1) is 12.0. The zero-order chi connectivity index (χ0) is 18.0. The number of carbonyl (C=O) groups excluding carboxylic acids is 2. The molecule has 7 nitrogen and oxygen atoms in total. The number of cyclic esters (lactones) is 1. The predicted molar refractivity (Wildman–Crippen MR) is 91.0 cm³/mol. The molecular weight excluding hydrogens is 324 g/mol. The second kappa shape index (κ2) is 7.14. The molecule has 1 aromatic rings. The van der Waals surface area contributed by atoms with Gasteiger partial charge in [-0.15, -0.1) is 0 Å². The van der Waals surface area contributed by atoms with Gasteiger partial charge in [-0.2, -0.15) is 0 Å². The summed E-state index contributed by atoms with van der Waals surface area (Å²) in [6.07, 6.45) is 1.57. The van der Waals surface area contributed by atoms with Crippen molar-refractivity contribution in [1.82, 2.24) is 9.80 Å². The minimum Gasteiger partial charge on any atom is -0.496 e. The average molecular weight is 346 g/mol. The Kier molecular flexibility index (Phi) is 4.94. The second-order valence-electron chi connectivity index (χ2n) is 6.04. The van der Waals surface area contributed by atoms with Crippen LogP contribution in [0.1, 0.15) is 24.1 Å². The Labute approximate surface area is 146 Å². The number of ether oxygens (including phenoxy) is 3. The summed E-state index contributed by atoms with van der Waals surface area (Å²) in [6.45, 7) is 3.00. The van der Waals surface area contributed by atoms with Crippen LogP contribution in [-0.2, 0) is 14.3 Å². The van der Waals surface area contributed by atoms with Gasteiger partial charge in [0.05, 0.1) is 20.3 Å². The third-order valence-electron chi connectivity index (χ3n) is 4.29. The van der Waals surface area contributed by atoms with Crippen LogP contribution in [0.15, 0.2) is 23.9 Å². The minimum absolute atomic E-state index is 0.156. The molecule has 1 atom stereocenters. The van der Waals surface area contributed by atoms with E-state index >= 15 is 0 Å². The normalized spacial score (nSPS) is 18.4. The van der Waals surface area contributed by atoms with E-state index in [1.54, 1.807) is 18.9 Å². The van der Waals surface area contributed by atoms with Gasteiger partial charge in [0.2, 0.25) is 0 Å². The van der Waals surface area contributed by atoms with Crippen LogP contribution in [0.4, 0.5) is 4.79 Å². The summed E-state index contributed by atoms with van der Waals surface area (Å²) >= 11 is 0. The van der Waals surface area contributed by atoms with E-state index in [4.69, 9.17) is 14.2 Å². The second-order valence-corrected chi connectivity index (χ2v) is 6.04. The molecule has 1 aromatic carbocycles. The topological polar surface area (TPSA) is 68.3 Å². The van der Waals surface area contributed by atoms with Gasteiger partial charge in [0.25, 0.3) is 0 Å². The molecule has 134 valence electrons. The summed E-state index contributed by atoms with van der Waals surface area (Å²) in [5.74, 6) is 0.449. The number of hydrogen-bond donors (Lipinski definition) is 0. The molecule has 0 bridgehead atoms. The maximum atomic E-state index is 12.2. The Morgan fingerprint density at radius 3 is 2.96 bits per heavy atom. The highest BCUT2D eigenvalue weighted by Gasteiger charge is 2.41. The number of amides is 1. The molecule has 2 heterocycles. The Morgan fingerprint density at radius 1 is 1.44 bits per heavy atom. The van der Waals surface area contributed by atoms with Crippen LogP contribution >= 0.6 is 0 Å². The van der Waals surface area contributed by atoms with Crippen molar-refractivity contribution < 1.29 is 23.8 Å². The summed E-state index contributed by atoms with van der Waals surface area (Å²) < 4.78 is 15.7. The molecule has 0 aliphatic carbocycles. The molecule has 2 aliphatic heterocycles. The molecule has 25 heavy (non-hydrogen) atoms. The van der Waals surface area contributed by atoms with E-state index in [2.05, 4.69) is 0 Å². The first-order valence-electron chi connectivity index (χ1n) is 8.22. The van der Waals surface area contributed by atoms with Crippen molar-refractivity contribution in [1.29, 1.82) is 0 Å². The van der Waals surface area contributed by atoms with Gasteiger partial charge in [0.15, 0.2) is 0 Å². The van der Waals surface area contributed by atoms with E-state index in [1.807, 2.05) is 36.2 Å². The average Bonchev–Trinajstić information content (AvgIpc) is 2.96. The molecule has 0 saturated carbocycles. The van der Waals surface area contributed by atoms with Crippen LogP contribution < -0.4 is 4.74 Å². The molecule has 0 N–H and O–H groups in total. The van der Waals surface area contributed by atoms with Crippen LogP contribution in [0.2, 0.25) is 0 Å². The van der Waals surface area contributed by atoms with Crippen LogP contribution in [0.5, 0.6) is 5.75 Å². The van der Waals surface area contributed by atoms with Gasteiger partial charge in [-0.1, -0.05) is 12.1 Å². The lowest BCUT2D eigenvalue weighted by Gasteiger charge is -2.32. The van der Waals surface area contributed by atoms with Gasteiger partial charge in [-0.25, -0.2) is 4.79 Å². The van der Waals surface area contributed by atoms with Gasteiger partial charge >= 0.3 is 12.1 Å². The molecule has 1 amide bonds. The molecule has 1 saturated heterocycles. The largest absolute Gasteiger partial charge is 0.496 e. The number of likely N-dealkylation sites (N-methyl/N-ethyl adjacent to an activating group) is 1. The van der Waals surface area contributed by atoms with Crippen LogP contribution in [0, 0.1) is 0 Å². The zero-order valence-corrected chi connectivity index (χ0v) is 14.7. The number of methoxy groups -OCH3 is 1. The number of rotatable bonds is 6. The fourth-order valence-electron chi connectivity index (χ4n) is 3.30. The summed E-state index contributed by atoms with van der Waals surface area (Å²) in [5, 5.41) is 0. The third kappa shape index (κ3) is 3.32. The van der Waals surface area contributed by atoms with Crippen molar-refractivity contribution in [3.63, 3.8) is 0 Å². The standard InChI is InChI=1S/C18H22N2O5/c1-4-24-16(21)10-19(2)9-13-8-12-6-5-7-15(23-3)17(12)14-11-25-18(22)20(13)14/h5-8,14H,4,9-11H2,1-3H3/t14-/m0/s1. The molecule has 0 spiro atoms. The predicted octanol–water partition coefficient (Wildman–Crippen LogP) is 2.04. The highest BCUT2D eigenvalue weighted by molar-refractivity contribution is 5.79. The monoisotopic (exact) mass is 346 g/mol. The van der Waals surface area contributed by atoms with Gasteiger partial charge in [0, 0.05) is 17.8 Å². The summed E-state index contributed by atoms with van der Waals surface area (Å²) in [5.41, 5.74) is 2.74. The van der Waals surface area contributed by atoms with E-state index in [0.717, 1.165) is 22.6 Å². The van der Waals surface area contributed by atoms with Gasteiger partial charge in [-0.3, -0.25) is 14.6 Å². The van der Waals surface area contributed by atoms with Crippen molar-refractivity contribution in [2.45, 2.75) is 13.0 Å². The minimum atomic E-state index is -0.377. The fraction of sp³-hybridized carbons (Fsp3) is 0.444. The summed E-state index contributed by atoms with van der Waals surface area (Å²) in [6, 6.07) is 5.57. The number of nitrogens with zero attached hydrogens (tertiary/aromatic N) is 2. The highest BCUT2D eigenvalue weighted by Crippen LogP contribution is 2.42. The van der Waals surface area contributed by atoms with Crippen LogP contribution in [0.3, 0.4) is 0 Å². The Balaban J connectivity index is 1.88. The molecule has 0 aromatic heterocycles. The van der Waals surface area contributed by atoms with E-state index < -0.39 is 0 Å². The third-order valence-corrected chi connectivity index (χ3v) is 4.29. The first-order valence-corrected chi connectivity index (χ1v) is 8.22. The van der Waals surface area contributed by atoms with Crippen molar-refractivity contribution in [2.24, 2.45) is 0 Å². The first kappa shape index (κ1) is 17.3. The van der Waals surface area contributed by atoms with E-state index in [-0.39, 0.29) is 31.3 Å². The molecule has 7 heteroatoms. The molecule has 3 rings (SSSR count). The quantitative estimate of drug-likeness (QED) is 0.734. The number of hydrogen-bond acceptors (Lipinski definition) is 6. The van der Waals surface area contributed by atoms with E-state index in [0.29, 0.717) is 13.2 Å². The summed E-state index contributed by atoms with van der Waals surface area (Å²) in [7, 11) is 3.43. The zero-order valence-electron chi connectivity index (χ0n) is 14.7. The van der Waals surface area contributed by atoms with Crippen LogP contribution in [-0.4, -0.2) is 62.3 Å². The fourth-order valence-corrected chi connectivity index (χ4v) is 3.30. The smallest absolute Gasteiger partial charge is 0.414 e. The van der Waals surface area contributed by atoms with Crippen molar-refractivity contribution >= 4 is 18.1 Å². The highest BCUT2D eigenvalue weighted by atomic mass is 16.6. The maximum Gasteiger partial charge on any atom is 0.414 e. The molecule has 1 fully saturated rings. The Bertz CT molecular complexity index is 715. The van der Waals surface area contributed by atoms with Gasteiger partial charge in [-0.05, 0) is 31.7 Å². The van der Waals surface area contributed by atoms with Gasteiger partial charge < -0.3 is 14.2 Å². The molecular formula is C18H22N2O5. The lowest BCUT2D eigenvalue weighted by molar-refractivity contribution is -0.144.